The first-order valence-electron chi connectivity index (χ1n) is 10.4. The lowest BCUT2D eigenvalue weighted by atomic mass is 9.87. The molecular weight excluding hydrogens is 410 g/mol. The number of amides is 1. The van der Waals surface area contributed by atoms with Crippen molar-refractivity contribution in [3.05, 3.63) is 54.2 Å². The molecule has 0 unspecified atom stereocenters. The summed E-state index contributed by atoms with van der Waals surface area (Å²) in [6.07, 6.45) is 1.79. The summed E-state index contributed by atoms with van der Waals surface area (Å²) in [7, 11) is 0. The van der Waals surface area contributed by atoms with Gasteiger partial charge in [0.2, 0.25) is 11.8 Å². The van der Waals surface area contributed by atoms with Crippen molar-refractivity contribution in [2.24, 2.45) is 0 Å². The molecule has 2 aromatic heterocycles. The zero-order valence-electron chi connectivity index (χ0n) is 18.1. The van der Waals surface area contributed by atoms with Crippen LogP contribution in [0.15, 0.2) is 58.3 Å². The highest BCUT2D eigenvalue weighted by molar-refractivity contribution is 7.99. The number of hydrogen-bond acceptors (Lipinski definition) is 7. The molecule has 3 heterocycles. The smallest absolute Gasteiger partial charge is 0.277 e. The van der Waals surface area contributed by atoms with Gasteiger partial charge in [0, 0.05) is 37.9 Å². The number of aromatic nitrogens is 3. The van der Waals surface area contributed by atoms with Crippen molar-refractivity contribution in [2.45, 2.75) is 31.4 Å². The largest absolute Gasteiger partial charge is 0.411 e. The number of hydrogen-bond donors (Lipinski definition) is 0. The number of piperazine rings is 1. The third kappa shape index (κ3) is 5.25. The standard InChI is InChI=1S/C23H27N5O2S/c1-23(2,3)18-9-7-17(8-10-18)21-25-26-22(30-21)31-16-20(29)28-14-12-27(13-15-28)19-6-4-5-11-24-19/h4-11H,12-16H2,1-3H3. The number of thioether (sulfide) groups is 1. The molecule has 0 aliphatic carbocycles. The van der Waals surface area contributed by atoms with Gasteiger partial charge in [-0.05, 0) is 35.2 Å². The Morgan fingerprint density at radius 1 is 1.03 bits per heavy atom. The van der Waals surface area contributed by atoms with Crippen molar-refractivity contribution in [3.8, 4) is 11.5 Å². The molecule has 0 bridgehead atoms. The minimum Gasteiger partial charge on any atom is -0.411 e. The molecule has 0 atom stereocenters. The molecule has 162 valence electrons. The molecular formula is C23H27N5O2S. The predicted molar refractivity (Wildman–Crippen MR) is 122 cm³/mol. The van der Waals surface area contributed by atoms with Crippen molar-refractivity contribution in [1.29, 1.82) is 0 Å². The molecule has 8 heteroatoms. The Morgan fingerprint density at radius 2 is 1.77 bits per heavy atom. The van der Waals surface area contributed by atoms with E-state index in [-0.39, 0.29) is 17.1 Å². The third-order valence-electron chi connectivity index (χ3n) is 5.33. The second kappa shape index (κ2) is 9.09. The van der Waals surface area contributed by atoms with Gasteiger partial charge in [-0.2, -0.15) is 0 Å². The molecule has 1 aliphatic rings. The van der Waals surface area contributed by atoms with Crippen LogP contribution in [0.5, 0.6) is 0 Å². The summed E-state index contributed by atoms with van der Waals surface area (Å²) in [5.74, 6) is 1.80. The first-order chi connectivity index (χ1) is 14.9. The van der Waals surface area contributed by atoms with Gasteiger partial charge in [-0.1, -0.05) is 50.7 Å². The van der Waals surface area contributed by atoms with Crippen molar-refractivity contribution in [2.75, 3.05) is 36.8 Å². The Balaban J connectivity index is 1.28. The maximum absolute atomic E-state index is 12.6. The molecule has 4 rings (SSSR count). The van der Waals surface area contributed by atoms with Gasteiger partial charge in [-0.25, -0.2) is 4.98 Å². The second-order valence-electron chi connectivity index (χ2n) is 8.54. The number of carbonyl (C=O) groups excluding carboxylic acids is 1. The van der Waals surface area contributed by atoms with E-state index in [9.17, 15) is 4.79 Å². The zero-order valence-corrected chi connectivity index (χ0v) is 18.9. The van der Waals surface area contributed by atoms with Gasteiger partial charge in [0.05, 0.1) is 5.75 Å². The average molecular weight is 438 g/mol. The molecule has 3 aromatic rings. The molecule has 0 saturated carbocycles. The van der Waals surface area contributed by atoms with E-state index >= 15 is 0 Å². The maximum atomic E-state index is 12.6. The normalized spacial score (nSPS) is 14.7. The number of rotatable bonds is 5. The molecule has 31 heavy (non-hydrogen) atoms. The Kier molecular flexibility index (Phi) is 6.27. The fraction of sp³-hybridized carbons (Fsp3) is 0.391. The van der Waals surface area contributed by atoms with Crippen molar-refractivity contribution in [3.63, 3.8) is 0 Å². The van der Waals surface area contributed by atoms with Gasteiger partial charge in [0.25, 0.3) is 5.22 Å². The summed E-state index contributed by atoms with van der Waals surface area (Å²) in [5, 5.41) is 8.64. The Morgan fingerprint density at radius 3 is 2.42 bits per heavy atom. The van der Waals surface area contributed by atoms with Gasteiger partial charge < -0.3 is 14.2 Å². The minimum absolute atomic E-state index is 0.0833. The Labute approximate surface area is 186 Å². The number of carbonyl (C=O) groups is 1. The van der Waals surface area contributed by atoms with Crippen molar-refractivity contribution in [1.82, 2.24) is 20.1 Å². The van der Waals surface area contributed by atoms with Crippen LogP contribution < -0.4 is 4.90 Å². The number of anilines is 1. The van der Waals surface area contributed by atoms with Crippen LogP contribution >= 0.6 is 11.8 Å². The van der Waals surface area contributed by atoms with Crippen LogP contribution in [-0.2, 0) is 10.2 Å². The van der Waals surface area contributed by atoms with Crippen molar-refractivity contribution < 1.29 is 9.21 Å². The lowest BCUT2D eigenvalue weighted by Crippen LogP contribution is -2.49. The van der Waals surface area contributed by atoms with Crippen LogP contribution in [0.25, 0.3) is 11.5 Å². The monoisotopic (exact) mass is 437 g/mol. The zero-order chi connectivity index (χ0) is 21.8. The lowest BCUT2D eigenvalue weighted by Gasteiger charge is -2.35. The van der Waals surface area contributed by atoms with E-state index in [1.165, 1.54) is 17.3 Å². The SMILES string of the molecule is CC(C)(C)c1ccc(-c2nnc(SCC(=O)N3CCN(c4ccccn4)CC3)o2)cc1. The molecule has 1 fully saturated rings. The van der Waals surface area contributed by atoms with Gasteiger partial charge in [0.15, 0.2) is 0 Å². The summed E-state index contributed by atoms with van der Waals surface area (Å²) in [6.45, 7) is 9.47. The first kappa shape index (κ1) is 21.4. The summed E-state index contributed by atoms with van der Waals surface area (Å²) in [4.78, 5) is 21.1. The van der Waals surface area contributed by atoms with Crippen LogP contribution in [0.1, 0.15) is 26.3 Å². The van der Waals surface area contributed by atoms with E-state index in [0.29, 0.717) is 24.2 Å². The minimum atomic E-state index is 0.0833. The van der Waals surface area contributed by atoms with E-state index in [0.717, 1.165) is 24.5 Å². The van der Waals surface area contributed by atoms with Crippen LogP contribution in [0.3, 0.4) is 0 Å². The fourth-order valence-corrected chi connectivity index (χ4v) is 4.10. The molecule has 0 N–H and O–H groups in total. The first-order valence-corrected chi connectivity index (χ1v) is 11.4. The maximum Gasteiger partial charge on any atom is 0.277 e. The lowest BCUT2D eigenvalue weighted by molar-refractivity contribution is -0.128. The molecule has 0 spiro atoms. The average Bonchev–Trinajstić information content (AvgIpc) is 3.27. The second-order valence-corrected chi connectivity index (χ2v) is 9.47. The van der Waals surface area contributed by atoms with E-state index in [2.05, 4.69) is 53.0 Å². The molecule has 1 amide bonds. The van der Waals surface area contributed by atoms with Gasteiger partial charge in [-0.3, -0.25) is 4.79 Å². The molecule has 1 aromatic carbocycles. The summed E-state index contributed by atoms with van der Waals surface area (Å²) in [6, 6.07) is 14.0. The molecule has 1 saturated heterocycles. The summed E-state index contributed by atoms with van der Waals surface area (Å²) >= 11 is 1.28. The van der Waals surface area contributed by atoms with Crippen LogP contribution in [0.2, 0.25) is 0 Å². The van der Waals surface area contributed by atoms with Gasteiger partial charge >= 0.3 is 0 Å². The third-order valence-corrected chi connectivity index (χ3v) is 6.13. The van der Waals surface area contributed by atoms with Gasteiger partial charge in [-0.15, -0.1) is 10.2 Å². The number of nitrogens with zero attached hydrogens (tertiary/aromatic N) is 5. The van der Waals surface area contributed by atoms with E-state index in [1.807, 2.05) is 35.2 Å². The summed E-state index contributed by atoms with van der Waals surface area (Å²) in [5.41, 5.74) is 2.22. The predicted octanol–water partition coefficient (Wildman–Crippen LogP) is 3.87. The van der Waals surface area contributed by atoms with Crippen molar-refractivity contribution >= 4 is 23.5 Å². The highest BCUT2D eigenvalue weighted by Gasteiger charge is 2.22. The Bertz CT molecular complexity index is 1010. The topological polar surface area (TPSA) is 75.4 Å². The summed E-state index contributed by atoms with van der Waals surface area (Å²) < 4.78 is 5.76. The molecule has 0 radical (unpaired) electrons. The highest BCUT2D eigenvalue weighted by atomic mass is 32.2. The van der Waals surface area contributed by atoms with E-state index in [1.54, 1.807) is 6.20 Å². The van der Waals surface area contributed by atoms with Gasteiger partial charge in [0.1, 0.15) is 5.82 Å². The molecule has 1 aliphatic heterocycles. The fourth-order valence-electron chi connectivity index (χ4n) is 3.44. The highest BCUT2D eigenvalue weighted by Crippen LogP contribution is 2.27. The van der Waals surface area contributed by atoms with Crippen LogP contribution in [0, 0.1) is 0 Å². The number of benzene rings is 1. The van der Waals surface area contributed by atoms with Crippen LogP contribution in [0.4, 0.5) is 5.82 Å². The van der Waals surface area contributed by atoms with E-state index < -0.39 is 0 Å². The van der Waals surface area contributed by atoms with Crippen LogP contribution in [-0.4, -0.2) is 57.9 Å². The number of pyridine rings is 1. The Hall–Kier alpha value is -2.87. The quantitative estimate of drug-likeness (QED) is 0.561. The molecule has 7 nitrogen and oxygen atoms in total. The van der Waals surface area contributed by atoms with E-state index in [4.69, 9.17) is 4.42 Å².